The molecule has 0 atom stereocenters. The second-order valence-corrected chi connectivity index (χ2v) is 4.45. The molecule has 0 aliphatic rings. The van der Waals surface area contributed by atoms with Gasteiger partial charge in [0, 0.05) is 6.42 Å². The first-order valence-electron chi connectivity index (χ1n) is 6.30. The van der Waals surface area contributed by atoms with Crippen LogP contribution in [0, 0.1) is 0 Å². The number of aryl methyl sites for hydroxylation is 1. The Morgan fingerprint density at radius 3 is 2.28 bits per heavy atom. The predicted molar refractivity (Wildman–Crippen MR) is 70.6 cm³/mol. The van der Waals surface area contributed by atoms with Gasteiger partial charge in [0.1, 0.15) is 5.78 Å². The van der Waals surface area contributed by atoms with E-state index in [1.165, 1.54) is 12.7 Å². The number of ether oxygens (including phenoxy) is 1. The topological polar surface area (TPSA) is 43.4 Å². The Balaban J connectivity index is 2.31. The van der Waals surface area contributed by atoms with Gasteiger partial charge in [0.2, 0.25) is 0 Å². The molecule has 0 fully saturated rings. The number of carbonyl (C=O) groups excluding carboxylic acids is 2. The Bertz CT molecular complexity index is 393. The highest BCUT2D eigenvalue weighted by Crippen LogP contribution is 2.10. The van der Waals surface area contributed by atoms with E-state index in [4.69, 9.17) is 0 Å². The van der Waals surface area contributed by atoms with Crippen LogP contribution in [0.15, 0.2) is 24.3 Å². The summed E-state index contributed by atoms with van der Waals surface area (Å²) >= 11 is 0. The van der Waals surface area contributed by atoms with Gasteiger partial charge in [-0.25, -0.2) is 4.79 Å². The Morgan fingerprint density at radius 1 is 1.06 bits per heavy atom. The molecule has 0 aliphatic carbocycles. The van der Waals surface area contributed by atoms with Gasteiger partial charge in [0.25, 0.3) is 0 Å². The summed E-state index contributed by atoms with van der Waals surface area (Å²) in [5.41, 5.74) is 1.79. The molecule has 1 aromatic rings. The van der Waals surface area contributed by atoms with Gasteiger partial charge in [0.05, 0.1) is 12.7 Å². The molecule has 0 heterocycles. The molecular weight excluding hydrogens is 228 g/mol. The summed E-state index contributed by atoms with van der Waals surface area (Å²) in [6.45, 7) is 1.63. The number of esters is 1. The molecule has 0 spiro atoms. The van der Waals surface area contributed by atoms with Crippen molar-refractivity contribution in [2.75, 3.05) is 7.11 Å². The van der Waals surface area contributed by atoms with Crippen molar-refractivity contribution in [2.45, 2.75) is 39.0 Å². The Hall–Kier alpha value is -1.64. The first-order chi connectivity index (χ1) is 8.63. The molecule has 0 saturated heterocycles. The van der Waals surface area contributed by atoms with E-state index in [-0.39, 0.29) is 11.8 Å². The normalized spacial score (nSPS) is 10.1. The highest BCUT2D eigenvalue weighted by atomic mass is 16.5. The van der Waals surface area contributed by atoms with Gasteiger partial charge in [-0.2, -0.15) is 0 Å². The molecule has 0 aliphatic heterocycles. The lowest BCUT2D eigenvalue weighted by Crippen LogP contribution is -2.00. The zero-order valence-corrected chi connectivity index (χ0v) is 11.1. The molecule has 3 nitrogen and oxygen atoms in total. The lowest BCUT2D eigenvalue weighted by molar-refractivity contribution is -0.117. The molecule has 0 saturated carbocycles. The van der Waals surface area contributed by atoms with Crippen molar-refractivity contribution in [3.63, 3.8) is 0 Å². The van der Waals surface area contributed by atoms with Crippen LogP contribution in [0.25, 0.3) is 0 Å². The molecule has 0 bridgehead atoms. The van der Waals surface area contributed by atoms with Crippen LogP contribution in [0.3, 0.4) is 0 Å². The van der Waals surface area contributed by atoms with Gasteiger partial charge in [-0.1, -0.05) is 18.6 Å². The van der Waals surface area contributed by atoms with E-state index in [0.717, 1.165) is 25.7 Å². The van der Waals surface area contributed by atoms with Gasteiger partial charge >= 0.3 is 5.97 Å². The maximum absolute atomic E-state index is 11.2. The number of carbonyl (C=O) groups is 2. The average Bonchev–Trinajstić information content (AvgIpc) is 2.38. The molecule has 3 heteroatoms. The van der Waals surface area contributed by atoms with Crippen LogP contribution >= 0.6 is 0 Å². The summed E-state index contributed by atoms with van der Waals surface area (Å²) in [7, 11) is 1.38. The fourth-order valence-electron chi connectivity index (χ4n) is 1.81. The Morgan fingerprint density at radius 2 is 1.72 bits per heavy atom. The summed E-state index contributed by atoms with van der Waals surface area (Å²) in [5.74, 6) is -0.0413. The van der Waals surface area contributed by atoms with E-state index in [1.54, 1.807) is 19.1 Å². The minimum Gasteiger partial charge on any atom is -0.465 e. The maximum atomic E-state index is 11.2. The number of rotatable bonds is 7. The first-order valence-corrected chi connectivity index (χ1v) is 6.30. The Kier molecular flexibility index (Phi) is 6.12. The highest BCUT2D eigenvalue weighted by Gasteiger charge is 2.04. The van der Waals surface area contributed by atoms with Gasteiger partial charge < -0.3 is 9.53 Å². The van der Waals surface area contributed by atoms with E-state index in [0.29, 0.717) is 12.0 Å². The molecular formula is C15H20O3. The number of unbranched alkanes of at least 4 members (excludes halogenated alkanes) is 2. The second-order valence-electron chi connectivity index (χ2n) is 4.45. The number of benzene rings is 1. The predicted octanol–water partition coefficient (Wildman–Crippen LogP) is 3.17. The quantitative estimate of drug-likeness (QED) is 0.550. The van der Waals surface area contributed by atoms with Gasteiger partial charge in [-0.3, -0.25) is 0 Å². The van der Waals surface area contributed by atoms with E-state index in [9.17, 15) is 9.59 Å². The maximum Gasteiger partial charge on any atom is 0.337 e. The van der Waals surface area contributed by atoms with E-state index in [1.807, 2.05) is 12.1 Å². The highest BCUT2D eigenvalue weighted by molar-refractivity contribution is 5.89. The second kappa shape index (κ2) is 7.64. The minimum atomic E-state index is -0.303. The zero-order chi connectivity index (χ0) is 13.4. The van der Waals surface area contributed by atoms with Crippen molar-refractivity contribution in [1.82, 2.24) is 0 Å². The molecule has 18 heavy (non-hydrogen) atoms. The van der Waals surface area contributed by atoms with Gasteiger partial charge in [-0.15, -0.1) is 0 Å². The monoisotopic (exact) mass is 248 g/mol. The number of hydrogen-bond acceptors (Lipinski definition) is 3. The third-order valence-corrected chi connectivity index (χ3v) is 2.87. The van der Waals surface area contributed by atoms with E-state index >= 15 is 0 Å². The third kappa shape index (κ3) is 5.13. The minimum absolute atomic E-state index is 0.262. The standard InChI is InChI=1S/C15H20O3/c1-12(16)6-4-3-5-7-13-8-10-14(11-9-13)15(17)18-2/h8-11H,3-7H2,1-2H3. The molecule has 1 rings (SSSR count). The number of methoxy groups -OCH3 is 1. The van der Waals surface area contributed by atoms with Crippen molar-refractivity contribution in [3.8, 4) is 0 Å². The number of Topliss-reactive ketones (excluding diaryl/α,β-unsaturated/α-hetero) is 1. The van der Waals surface area contributed by atoms with Crippen molar-refractivity contribution < 1.29 is 14.3 Å². The van der Waals surface area contributed by atoms with Crippen molar-refractivity contribution >= 4 is 11.8 Å². The van der Waals surface area contributed by atoms with Crippen LogP contribution in [0.5, 0.6) is 0 Å². The lowest BCUT2D eigenvalue weighted by Gasteiger charge is -2.03. The van der Waals surface area contributed by atoms with Crippen LogP contribution in [-0.4, -0.2) is 18.9 Å². The summed E-state index contributed by atoms with van der Waals surface area (Å²) in [6, 6.07) is 7.49. The molecule has 0 unspecified atom stereocenters. The van der Waals surface area contributed by atoms with E-state index < -0.39 is 0 Å². The van der Waals surface area contributed by atoms with Crippen LogP contribution in [0.4, 0.5) is 0 Å². The summed E-state index contributed by atoms with van der Waals surface area (Å²) in [4.78, 5) is 22.0. The summed E-state index contributed by atoms with van der Waals surface area (Å²) < 4.78 is 4.64. The smallest absolute Gasteiger partial charge is 0.337 e. The third-order valence-electron chi connectivity index (χ3n) is 2.87. The van der Waals surface area contributed by atoms with Crippen LogP contribution in [0.2, 0.25) is 0 Å². The van der Waals surface area contributed by atoms with Crippen molar-refractivity contribution in [2.24, 2.45) is 0 Å². The van der Waals surface area contributed by atoms with Gasteiger partial charge in [0.15, 0.2) is 0 Å². The SMILES string of the molecule is COC(=O)c1ccc(CCCCCC(C)=O)cc1. The number of ketones is 1. The van der Waals surface area contributed by atoms with Crippen molar-refractivity contribution in [3.05, 3.63) is 35.4 Å². The molecule has 0 radical (unpaired) electrons. The first kappa shape index (κ1) is 14.4. The summed E-state index contributed by atoms with van der Waals surface area (Å²) in [6.07, 6.45) is 4.78. The summed E-state index contributed by atoms with van der Waals surface area (Å²) in [5, 5.41) is 0. The van der Waals surface area contributed by atoms with Crippen molar-refractivity contribution in [1.29, 1.82) is 0 Å². The molecule has 98 valence electrons. The Labute approximate surface area is 108 Å². The van der Waals surface area contributed by atoms with Crippen LogP contribution in [0.1, 0.15) is 48.5 Å². The fourth-order valence-corrected chi connectivity index (χ4v) is 1.81. The largest absolute Gasteiger partial charge is 0.465 e. The molecule has 0 aromatic heterocycles. The van der Waals surface area contributed by atoms with E-state index in [2.05, 4.69) is 4.74 Å². The van der Waals surface area contributed by atoms with Crippen LogP contribution in [-0.2, 0) is 16.0 Å². The van der Waals surface area contributed by atoms with Gasteiger partial charge in [-0.05, 0) is 43.9 Å². The lowest BCUT2D eigenvalue weighted by atomic mass is 10.0. The molecule has 0 N–H and O–H groups in total. The average molecular weight is 248 g/mol. The fraction of sp³-hybridized carbons (Fsp3) is 0.467. The molecule has 1 aromatic carbocycles. The molecule has 0 amide bonds. The van der Waals surface area contributed by atoms with Crippen LogP contribution < -0.4 is 0 Å². The zero-order valence-electron chi connectivity index (χ0n) is 11.1. The number of hydrogen-bond donors (Lipinski definition) is 0.